The number of thioether (sulfide) groups is 1. The van der Waals surface area contributed by atoms with Crippen molar-refractivity contribution in [1.29, 1.82) is 0 Å². The highest BCUT2D eigenvalue weighted by Gasteiger charge is 2.31. The Morgan fingerprint density at radius 2 is 1.76 bits per heavy atom. The van der Waals surface area contributed by atoms with Crippen molar-refractivity contribution in [2.24, 2.45) is 5.92 Å². The number of Topliss-reactive ketones (excluding diaryl/α,β-unsaturated/α-hetero) is 1. The van der Waals surface area contributed by atoms with E-state index in [4.69, 9.17) is 32.9 Å². The Kier molecular flexibility index (Phi) is 10.3. The standard InChI is InChI=1S/C34H35Cl2FN2O4S2/c1-34(2,24-9-15-29(35)31(17-24)43-3)32-19-38-33(39(32)26-12-10-25(37)11-13-26)44-20-23-8-14-28(18-30(23)36)45(41,42)21-27(40)16-22-6-4-5-7-22/h8-15,17-19,22H,4-7,16,20-21H2,1-3H3. The summed E-state index contributed by atoms with van der Waals surface area (Å²) >= 11 is 14.3. The summed E-state index contributed by atoms with van der Waals surface area (Å²) in [7, 11) is -2.24. The number of nitrogens with zero attached hydrogens (tertiary/aromatic N) is 2. The van der Waals surface area contributed by atoms with Gasteiger partial charge in [0.25, 0.3) is 0 Å². The largest absolute Gasteiger partial charge is 0.495 e. The Hall–Kier alpha value is -2.85. The van der Waals surface area contributed by atoms with Gasteiger partial charge >= 0.3 is 0 Å². The second-order valence-electron chi connectivity index (χ2n) is 11.9. The molecule has 0 saturated heterocycles. The van der Waals surface area contributed by atoms with Crippen molar-refractivity contribution < 1.29 is 22.3 Å². The molecule has 0 aliphatic heterocycles. The number of carbonyl (C=O) groups excluding carboxylic acids is 1. The molecular formula is C34H35Cl2FN2O4S2. The number of halogens is 3. The molecule has 0 spiro atoms. The average molecular weight is 690 g/mol. The van der Waals surface area contributed by atoms with Gasteiger partial charge < -0.3 is 4.74 Å². The lowest BCUT2D eigenvalue weighted by atomic mass is 9.81. The van der Waals surface area contributed by atoms with Crippen LogP contribution in [0.3, 0.4) is 0 Å². The fourth-order valence-electron chi connectivity index (χ4n) is 5.79. The van der Waals surface area contributed by atoms with Crippen LogP contribution in [0.5, 0.6) is 5.75 Å². The first-order chi connectivity index (χ1) is 21.4. The summed E-state index contributed by atoms with van der Waals surface area (Å²) < 4.78 is 47.4. The lowest BCUT2D eigenvalue weighted by molar-refractivity contribution is -0.117. The molecule has 0 amide bonds. The molecule has 6 nitrogen and oxygen atoms in total. The Morgan fingerprint density at radius 3 is 2.42 bits per heavy atom. The maximum atomic E-state index is 13.9. The molecule has 0 radical (unpaired) electrons. The first-order valence-electron chi connectivity index (χ1n) is 14.7. The summed E-state index contributed by atoms with van der Waals surface area (Å²) in [5, 5.41) is 1.45. The van der Waals surface area contributed by atoms with E-state index in [1.165, 1.54) is 36.0 Å². The van der Waals surface area contributed by atoms with Crippen LogP contribution in [0.2, 0.25) is 10.0 Å². The third-order valence-electron chi connectivity index (χ3n) is 8.41. The van der Waals surface area contributed by atoms with Gasteiger partial charge in [0.2, 0.25) is 0 Å². The number of carbonyl (C=O) groups is 1. The lowest BCUT2D eigenvalue weighted by Gasteiger charge is -2.28. The van der Waals surface area contributed by atoms with E-state index in [2.05, 4.69) is 13.8 Å². The van der Waals surface area contributed by atoms with E-state index in [1.54, 1.807) is 37.6 Å². The number of methoxy groups -OCH3 is 1. The molecule has 0 N–H and O–H groups in total. The number of hydrogen-bond acceptors (Lipinski definition) is 6. The van der Waals surface area contributed by atoms with Gasteiger partial charge in [-0.05, 0) is 65.6 Å². The van der Waals surface area contributed by atoms with Crippen molar-refractivity contribution in [2.45, 2.75) is 67.2 Å². The monoisotopic (exact) mass is 688 g/mol. The van der Waals surface area contributed by atoms with Crippen LogP contribution in [-0.4, -0.2) is 36.6 Å². The number of aromatic nitrogens is 2. The van der Waals surface area contributed by atoms with Crippen molar-refractivity contribution in [3.63, 3.8) is 0 Å². The molecule has 1 saturated carbocycles. The van der Waals surface area contributed by atoms with Crippen LogP contribution in [0.25, 0.3) is 5.69 Å². The predicted molar refractivity (Wildman–Crippen MR) is 178 cm³/mol. The van der Waals surface area contributed by atoms with Gasteiger partial charge in [-0.15, -0.1) is 0 Å². The highest BCUT2D eigenvalue weighted by Crippen LogP contribution is 2.39. The predicted octanol–water partition coefficient (Wildman–Crippen LogP) is 8.87. The normalized spacial score (nSPS) is 14.2. The van der Waals surface area contributed by atoms with Crippen molar-refractivity contribution in [3.8, 4) is 11.4 Å². The molecule has 1 aliphatic rings. The zero-order valence-electron chi connectivity index (χ0n) is 25.4. The van der Waals surface area contributed by atoms with Gasteiger partial charge in [0.05, 0.1) is 28.9 Å². The van der Waals surface area contributed by atoms with Crippen LogP contribution in [0.15, 0.2) is 76.9 Å². The number of benzene rings is 3. The van der Waals surface area contributed by atoms with Gasteiger partial charge in [0.15, 0.2) is 15.0 Å². The van der Waals surface area contributed by atoms with Gasteiger partial charge in [-0.25, -0.2) is 17.8 Å². The Bertz CT molecular complexity index is 1800. The minimum atomic E-state index is -3.81. The number of ketones is 1. The second-order valence-corrected chi connectivity index (χ2v) is 15.7. The molecule has 45 heavy (non-hydrogen) atoms. The van der Waals surface area contributed by atoms with Crippen molar-refractivity contribution in [3.05, 3.63) is 99.5 Å². The van der Waals surface area contributed by atoms with E-state index >= 15 is 0 Å². The molecule has 238 valence electrons. The maximum Gasteiger partial charge on any atom is 0.185 e. The van der Waals surface area contributed by atoms with E-state index in [0.29, 0.717) is 39.0 Å². The number of ether oxygens (including phenoxy) is 1. The number of rotatable bonds is 12. The first kappa shape index (κ1) is 33.5. The van der Waals surface area contributed by atoms with E-state index in [0.717, 1.165) is 48.2 Å². The third-order valence-corrected chi connectivity index (χ3v) is 11.7. The fourth-order valence-corrected chi connectivity index (χ4v) is 8.65. The highest BCUT2D eigenvalue weighted by molar-refractivity contribution is 7.98. The summed E-state index contributed by atoms with van der Waals surface area (Å²) in [6.45, 7) is 4.13. The van der Waals surface area contributed by atoms with Crippen molar-refractivity contribution in [1.82, 2.24) is 9.55 Å². The molecule has 5 rings (SSSR count). The van der Waals surface area contributed by atoms with Gasteiger partial charge in [0, 0.05) is 28.3 Å². The van der Waals surface area contributed by atoms with Crippen LogP contribution in [-0.2, 0) is 25.8 Å². The third kappa shape index (κ3) is 7.59. The topological polar surface area (TPSA) is 78.3 Å². The summed E-state index contributed by atoms with van der Waals surface area (Å²) in [5.41, 5.74) is 2.70. The van der Waals surface area contributed by atoms with Gasteiger partial charge in [-0.3, -0.25) is 9.36 Å². The van der Waals surface area contributed by atoms with Gasteiger partial charge in [-0.1, -0.05) is 86.6 Å². The van der Waals surface area contributed by atoms with Crippen LogP contribution in [0, 0.1) is 11.7 Å². The van der Waals surface area contributed by atoms with Crippen LogP contribution in [0.1, 0.15) is 62.8 Å². The number of imidazole rings is 1. The molecule has 3 aromatic carbocycles. The first-order valence-corrected chi connectivity index (χ1v) is 18.1. The molecule has 4 aromatic rings. The molecule has 11 heteroatoms. The highest BCUT2D eigenvalue weighted by atomic mass is 35.5. The molecule has 1 aromatic heterocycles. The van der Waals surface area contributed by atoms with Crippen LogP contribution < -0.4 is 4.74 Å². The van der Waals surface area contributed by atoms with E-state index in [1.807, 2.05) is 16.7 Å². The molecule has 1 heterocycles. The molecule has 0 unspecified atom stereocenters. The Balaban J connectivity index is 1.40. The lowest BCUT2D eigenvalue weighted by Crippen LogP contribution is -2.23. The van der Waals surface area contributed by atoms with Crippen molar-refractivity contribution >= 4 is 50.6 Å². The maximum absolute atomic E-state index is 13.9. The summed E-state index contributed by atoms with van der Waals surface area (Å²) in [6.07, 6.45) is 6.27. The summed E-state index contributed by atoms with van der Waals surface area (Å²) in [5.74, 6) is 0.133. The van der Waals surface area contributed by atoms with E-state index in [9.17, 15) is 17.6 Å². The quantitative estimate of drug-likeness (QED) is 0.138. The van der Waals surface area contributed by atoms with Gasteiger partial charge in [0.1, 0.15) is 23.1 Å². The smallest absolute Gasteiger partial charge is 0.185 e. The summed E-state index contributed by atoms with van der Waals surface area (Å²) in [6, 6.07) is 16.4. The van der Waals surface area contributed by atoms with Crippen LogP contribution in [0.4, 0.5) is 4.39 Å². The van der Waals surface area contributed by atoms with Crippen LogP contribution >= 0.6 is 35.0 Å². The van der Waals surface area contributed by atoms with Gasteiger partial charge in [-0.2, -0.15) is 0 Å². The minimum Gasteiger partial charge on any atom is -0.495 e. The summed E-state index contributed by atoms with van der Waals surface area (Å²) in [4.78, 5) is 17.3. The molecule has 0 atom stereocenters. The number of hydrogen-bond donors (Lipinski definition) is 0. The fraction of sp³-hybridized carbons (Fsp3) is 0.353. The average Bonchev–Trinajstić information content (AvgIpc) is 3.67. The van der Waals surface area contributed by atoms with E-state index in [-0.39, 0.29) is 16.5 Å². The second kappa shape index (κ2) is 13.9. The molecule has 1 fully saturated rings. The number of sulfone groups is 1. The zero-order valence-corrected chi connectivity index (χ0v) is 28.5. The SMILES string of the molecule is COc1cc(C(C)(C)c2cnc(SCc3ccc(S(=O)(=O)CC(=O)CC4CCCC4)cc3Cl)n2-c2ccc(F)cc2)ccc1Cl. The van der Waals surface area contributed by atoms with E-state index < -0.39 is 21.0 Å². The zero-order chi connectivity index (χ0) is 32.4. The van der Waals surface area contributed by atoms with Crippen molar-refractivity contribution in [2.75, 3.05) is 12.9 Å². The Labute approximate surface area is 278 Å². The molecule has 0 bridgehead atoms. The minimum absolute atomic E-state index is 0.0382. The Morgan fingerprint density at radius 1 is 1.04 bits per heavy atom. The molecule has 1 aliphatic carbocycles. The molecular weight excluding hydrogens is 654 g/mol.